The van der Waals surface area contributed by atoms with Crippen LogP contribution in [0.1, 0.15) is 33.5 Å². The van der Waals surface area contributed by atoms with Gasteiger partial charge in [0.15, 0.2) is 0 Å². The average Bonchev–Trinajstić information content (AvgIpc) is 2.90. The van der Waals surface area contributed by atoms with E-state index in [1.807, 2.05) is 24.4 Å². The van der Waals surface area contributed by atoms with E-state index >= 15 is 0 Å². The van der Waals surface area contributed by atoms with Crippen molar-refractivity contribution in [2.45, 2.75) is 26.4 Å². The number of nitrogens with zero attached hydrogens (tertiary/aromatic N) is 1. The SMILES string of the molecule is Cc1ccc(C(=O)NCC(C)(O)c2cccs2)c(C)n1. The van der Waals surface area contributed by atoms with Crippen LogP contribution in [0.5, 0.6) is 0 Å². The van der Waals surface area contributed by atoms with Crippen molar-refractivity contribution in [3.05, 3.63) is 51.5 Å². The Morgan fingerprint density at radius 1 is 1.40 bits per heavy atom. The molecule has 2 aromatic heterocycles. The number of aromatic nitrogens is 1. The highest BCUT2D eigenvalue weighted by molar-refractivity contribution is 7.10. The molecule has 106 valence electrons. The zero-order chi connectivity index (χ0) is 14.8. The van der Waals surface area contributed by atoms with Crippen LogP contribution in [0.15, 0.2) is 29.6 Å². The highest BCUT2D eigenvalue weighted by atomic mass is 32.1. The molecule has 1 unspecified atom stereocenters. The lowest BCUT2D eigenvalue weighted by atomic mass is 10.0. The van der Waals surface area contributed by atoms with E-state index in [1.165, 1.54) is 11.3 Å². The molecule has 0 aliphatic carbocycles. The molecule has 2 heterocycles. The van der Waals surface area contributed by atoms with Crippen molar-refractivity contribution in [1.29, 1.82) is 0 Å². The van der Waals surface area contributed by atoms with Crippen molar-refractivity contribution in [2.24, 2.45) is 0 Å². The zero-order valence-electron chi connectivity index (χ0n) is 11.8. The number of aliphatic hydroxyl groups is 1. The Hall–Kier alpha value is -1.72. The second-order valence-electron chi connectivity index (χ2n) is 5.02. The Balaban J connectivity index is 2.05. The summed E-state index contributed by atoms with van der Waals surface area (Å²) in [5.74, 6) is -0.216. The zero-order valence-corrected chi connectivity index (χ0v) is 12.6. The first-order chi connectivity index (χ1) is 9.40. The quantitative estimate of drug-likeness (QED) is 0.909. The maximum absolute atomic E-state index is 12.1. The van der Waals surface area contributed by atoms with E-state index in [0.29, 0.717) is 11.3 Å². The molecule has 0 aliphatic heterocycles. The fraction of sp³-hybridized carbons (Fsp3) is 0.333. The summed E-state index contributed by atoms with van der Waals surface area (Å²) in [6, 6.07) is 7.30. The minimum absolute atomic E-state index is 0.166. The average molecular weight is 290 g/mol. The molecular weight excluding hydrogens is 272 g/mol. The van der Waals surface area contributed by atoms with E-state index in [1.54, 1.807) is 26.0 Å². The van der Waals surface area contributed by atoms with Crippen molar-refractivity contribution in [3.63, 3.8) is 0 Å². The molecule has 1 atom stereocenters. The Labute approximate surface area is 122 Å². The predicted octanol–water partition coefficient (Wildman–Crippen LogP) is 2.40. The van der Waals surface area contributed by atoms with Crippen LogP contribution in [0.25, 0.3) is 0 Å². The monoisotopic (exact) mass is 290 g/mol. The van der Waals surface area contributed by atoms with E-state index in [4.69, 9.17) is 0 Å². The Morgan fingerprint density at radius 2 is 2.15 bits per heavy atom. The molecule has 0 fully saturated rings. The molecule has 20 heavy (non-hydrogen) atoms. The molecule has 5 heteroatoms. The summed E-state index contributed by atoms with van der Waals surface area (Å²) in [4.78, 5) is 17.2. The summed E-state index contributed by atoms with van der Waals surface area (Å²) < 4.78 is 0. The van der Waals surface area contributed by atoms with Gasteiger partial charge in [0, 0.05) is 10.6 Å². The normalized spacial score (nSPS) is 13.8. The minimum atomic E-state index is -1.06. The molecule has 0 spiro atoms. The molecule has 2 N–H and O–H groups in total. The van der Waals surface area contributed by atoms with Crippen molar-refractivity contribution >= 4 is 17.2 Å². The van der Waals surface area contributed by atoms with Gasteiger partial charge in [-0.15, -0.1) is 11.3 Å². The summed E-state index contributed by atoms with van der Waals surface area (Å²) >= 11 is 1.47. The van der Waals surface area contributed by atoms with Gasteiger partial charge in [0.2, 0.25) is 0 Å². The Morgan fingerprint density at radius 3 is 2.75 bits per heavy atom. The maximum Gasteiger partial charge on any atom is 0.253 e. The summed E-state index contributed by atoms with van der Waals surface area (Å²) in [6.45, 7) is 5.55. The van der Waals surface area contributed by atoms with Gasteiger partial charge in [-0.25, -0.2) is 0 Å². The van der Waals surface area contributed by atoms with Gasteiger partial charge < -0.3 is 10.4 Å². The van der Waals surface area contributed by atoms with Crippen molar-refractivity contribution < 1.29 is 9.90 Å². The van der Waals surface area contributed by atoms with Gasteiger partial charge in [-0.05, 0) is 44.4 Å². The predicted molar refractivity (Wildman–Crippen MR) is 79.9 cm³/mol. The largest absolute Gasteiger partial charge is 0.383 e. The first kappa shape index (κ1) is 14.7. The summed E-state index contributed by atoms with van der Waals surface area (Å²) in [5, 5.41) is 15.0. The van der Waals surface area contributed by atoms with E-state index in [9.17, 15) is 9.90 Å². The lowest BCUT2D eigenvalue weighted by molar-refractivity contribution is 0.0556. The highest BCUT2D eigenvalue weighted by Gasteiger charge is 2.25. The van der Waals surface area contributed by atoms with E-state index in [0.717, 1.165) is 10.6 Å². The molecule has 2 aromatic rings. The number of aryl methyl sites for hydroxylation is 2. The number of carbonyl (C=O) groups excluding carboxylic acids is 1. The fourth-order valence-corrected chi connectivity index (χ4v) is 2.73. The molecule has 0 radical (unpaired) electrons. The molecule has 0 aliphatic rings. The van der Waals surface area contributed by atoms with Crippen LogP contribution in [-0.4, -0.2) is 22.5 Å². The number of nitrogens with one attached hydrogen (secondary N) is 1. The summed E-state index contributed by atoms with van der Waals surface area (Å²) in [7, 11) is 0. The number of hydrogen-bond acceptors (Lipinski definition) is 4. The van der Waals surface area contributed by atoms with Crippen LogP contribution in [0.2, 0.25) is 0 Å². The summed E-state index contributed by atoms with van der Waals surface area (Å²) in [5.41, 5.74) is 1.05. The minimum Gasteiger partial charge on any atom is -0.383 e. The first-order valence-electron chi connectivity index (χ1n) is 6.39. The summed E-state index contributed by atoms with van der Waals surface area (Å²) in [6.07, 6.45) is 0. The lowest BCUT2D eigenvalue weighted by Gasteiger charge is -2.22. The van der Waals surface area contributed by atoms with Gasteiger partial charge in [0.25, 0.3) is 5.91 Å². The molecule has 0 saturated carbocycles. The van der Waals surface area contributed by atoms with E-state index in [2.05, 4.69) is 10.3 Å². The molecule has 0 aromatic carbocycles. The maximum atomic E-state index is 12.1. The third-order valence-corrected chi connectivity index (χ3v) is 4.24. The van der Waals surface area contributed by atoms with Gasteiger partial charge in [0.05, 0.1) is 17.8 Å². The van der Waals surface area contributed by atoms with Crippen molar-refractivity contribution in [1.82, 2.24) is 10.3 Å². The first-order valence-corrected chi connectivity index (χ1v) is 7.27. The topological polar surface area (TPSA) is 62.2 Å². The lowest BCUT2D eigenvalue weighted by Crippen LogP contribution is -2.38. The molecule has 1 amide bonds. The third-order valence-electron chi connectivity index (χ3n) is 3.11. The van der Waals surface area contributed by atoms with Gasteiger partial charge in [-0.1, -0.05) is 6.07 Å². The number of rotatable bonds is 4. The van der Waals surface area contributed by atoms with Gasteiger partial charge >= 0.3 is 0 Å². The smallest absolute Gasteiger partial charge is 0.253 e. The fourth-order valence-electron chi connectivity index (χ4n) is 1.95. The van der Waals surface area contributed by atoms with Crippen LogP contribution in [0.3, 0.4) is 0 Å². The van der Waals surface area contributed by atoms with Crippen LogP contribution in [-0.2, 0) is 5.60 Å². The Kier molecular flexibility index (Phi) is 4.20. The standard InChI is InChI=1S/C15H18N2O2S/c1-10-6-7-12(11(2)17-10)14(18)16-9-15(3,19)13-5-4-8-20-13/h4-8,19H,9H2,1-3H3,(H,16,18). The number of thiophene rings is 1. The van der Waals surface area contributed by atoms with Crippen LogP contribution >= 0.6 is 11.3 Å². The molecule has 0 bridgehead atoms. The van der Waals surface area contributed by atoms with Crippen molar-refractivity contribution in [2.75, 3.05) is 6.54 Å². The number of carbonyl (C=O) groups is 1. The van der Waals surface area contributed by atoms with Gasteiger partial charge in [-0.2, -0.15) is 0 Å². The molecule has 2 rings (SSSR count). The number of pyridine rings is 1. The molecule has 0 saturated heterocycles. The highest BCUT2D eigenvalue weighted by Crippen LogP contribution is 2.24. The van der Waals surface area contributed by atoms with Crippen LogP contribution in [0, 0.1) is 13.8 Å². The van der Waals surface area contributed by atoms with E-state index < -0.39 is 5.60 Å². The molecule has 4 nitrogen and oxygen atoms in total. The van der Waals surface area contributed by atoms with E-state index in [-0.39, 0.29) is 12.5 Å². The van der Waals surface area contributed by atoms with Crippen LogP contribution in [0.4, 0.5) is 0 Å². The Bertz CT molecular complexity index is 606. The number of hydrogen-bond donors (Lipinski definition) is 2. The van der Waals surface area contributed by atoms with Crippen molar-refractivity contribution in [3.8, 4) is 0 Å². The van der Waals surface area contributed by atoms with Gasteiger partial charge in [0.1, 0.15) is 5.60 Å². The van der Waals surface area contributed by atoms with Gasteiger partial charge in [-0.3, -0.25) is 9.78 Å². The third kappa shape index (κ3) is 3.23. The number of amides is 1. The van der Waals surface area contributed by atoms with Crippen LogP contribution < -0.4 is 5.32 Å². The molecular formula is C15H18N2O2S. The second kappa shape index (κ2) is 5.73. The second-order valence-corrected chi connectivity index (χ2v) is 5.97.